The summed E-state index contributed by atoms with van der Waals surface area (Å²) >= 11 is 0. The van der Waals surface area contributed by atoms with Crippen molar-refractivity contribution >= 4 is 17.3 Å². The monoisotopic (exact) mass is 279 g/mol. The predicted octanol–water partition coefficient (Wildman–Crippen LogP) is 2.90. The molecule has 106 valence electrons. The Hall–Kier alpha value is -2.80. The average Bonchev–Trinajstić information content (AvgIpc) is 2.53. The topological polar surface area (TPSA) is 47.3 Å². The van der Waals surface area contributed by atoms with Crippen LogP contribution in [0.15, 0.2) is 48.5 Å². The number of anilines is 2. The third-order valence-corrected chi connectivity index (χ3v) is 3.32. The molecule has 0 aliphatic heterocycles. The van der Waals surface area contributed by atoms with Gasteiger partial charge in [0.15, 0.2) is 0 Å². The lowest BCUT2D eigenvalue weighted by atomic mass is 10.1. The van der Waals surface area contributed by atoms with E-state index in [1.165, 1.54) is 0 Å². The molecule has 0 spiro atoms. The van der Waals surface area contributed by atoms with Crippen molar-refractivity contribution in [2.24, 2.45) is 0 Å². The van der Waals surface area contributed by atoms with E-state index in [0.717, 1.165) is 11.4 Å². The standard InChI is InChI=1S/C17H17N3O/c1-19(2)15-10-6-14(7-11-15)17(21)20(3)16-8-4-13(12-18)5-9-16/h4-11H,1-3H3. The lowest BCUT2D eigenvalue weighted by Gasteiger charge is -2.18. The van der Waals surface area contributed by atoms with Crippen LogP contribution in [0.4, 0.5) is 11.4 Å². The van der Waals surface area contributed by atoms with Crippen LogP contribution in [0.2, 0.25) is 0 Å². The summed E-state index contributed by atoms with van der Waals surface area (Å²) in [5.41, 5.74) is 3.02. The van der Waals surface area contributed by atoms with Crippen molar-refractivity contribution in [3.8, 4) is 6.07 Å². The SMILES string of the molecule is CN(C)c1ccc(C(=O)N(C)c2ccc(C#N)cc2)cc1. The molecule has 2 aromatic carbocycles. The molecule has 0 saturated carbocycles. The van der Waals surface area contributed by atoms with E-state index in [9.17, 15) is 4.79 Å². The molecule has 0 aliphatic rings. The summed E-state index contributed by atoms with van der Waals surface area (Å²) < 4.78 is 0. The van der Waals surface area contributed by atoms with Crippen molar-refractivity contribution in [1.82, 2.24) is 0 Å². The molecule has 4 heteroatoms. The largest absolute Gasteiger partial charge is 0.378 e. The molecule has 0 heterocycles. The van der Waals surface area contributed by atoms with Crippen molar-refractivity contribution in [2.75, 3.05) is 30.9 Å². The second kappa shape index (κ2) is 6.10. The van der Waals surface area contributed by atoms with Gasteiger partial charge in [0.2, 0.25) is 0 Å². The highest BCUT2D eigenvalue weighted by atomic mass is 16.2. The summed E-state index contributed by atoms with van der Waals surface area (Å²) in [4.78, 5) is 16.0. The Balaban J connectivity index is 2.20. The van der Waals surface area contributed by atoms with E-state index in [4.69, 9.17) is 5.26 Å². The molecule has 0 unspecified atom stereocenters. The number of hydrogen-bond acceptors (Lipinski definition) is 3. The number of benzene rings is 2. The summed E-state index contributed by atoms with van der Waals surface area (Å²) in [7, 11) is 5.64. The van der Waals surface area contributed by atoms with E-state index in [-0.39, 0.29) is 5.91 Å². The maximum Gasteiger partial charge on any atom is 0.258 e. The Kier molecular flexibility index (Phi) is 4.24. The minimum absolute atomic E-state index is 0.0787. The number of hydrogen-bond donors (Lipinski definition) is 0. The van der Waals surface area contributed by atoms with E-state index in [0.29, 0.717) is 11.1 Å². The van der Waals surface area contributed by atoms with Gasteiger partial charge < -0.3 is 9.80 Å². The Morgan fingerprint density at radius 3 is 1.90 bits per heavy atom. The Bertz CT molecular complexity index is 667. The smallest absolute Gasteiger partial charge is 0.258 e. The van der Waals surface area contributed by atoms with Crippen LogP contribution in [0.1, 0.15) is 15.9 Å². The van der Waals surface area contributed by atoms with Gasteiger partial charge >= 0.3 is 0 Å². The number of rotatable bonds is 3. The fraction of sp³-hybridized carbons (Fsp3) is 0.176. The van der Waals surface area contributed by atoms with Gasteiger partial charge in [0.05, 0.1) is 11.6 Å². The molecule has 0 saturated heterocycles. The van der Waals surface area contributed by atoms with Crippen LogP contribution in [-0.4, -0.2) is 27.1 Å². The number of amides is 1. The fourth-order valence-corrected chi connectivity index (χ4v) is 1.97. The second-order valence-electron chi connectivity index (χ2n) is 4.96. The van der Waals surface area contributed by atoms with Gasteiger partial charge in [-0.25, -0.2) is 0 Å². The van der Waals surface area contributed by atoms with Crippen LogP contribution in [0.25, 0.3) is 0 Å². The Labute approximate surface area is 124 Å². The van der Waals surface area contributed by atoms with Crippen LogP contribution in [0.5, 0.6) is 0 Å². The zero-order valence-electron chi connectivity index (χ0n) is 12.4. The van der Waals surface area contributed by atoms with Gasteiger partial charge in [0.25, 0.3) is 5.91 Å². The highest BCUT2D eigenvalue weighted by Gasteiger charge is 2.13. The molecular weight excluding hydrogens is 262 g/mol. The van der Waals surface area contributed by atoms with Gasteiger partial charge in [-0.15, -0.1) is 0 Å². The van der Waals surface area contributed by atoms with Crippen LogP contribution in [-0.2, 0) is 0 Å². The van der Waals surface area contributed by atoms with Gasteiger partial charge in [-0.2, -0.15) is 5.26 Å². The van der Waals surface area contributed by atoms with Crippen molar-refractivity contribution in [3.05, 3.63) is 59.7 Å². The normalized spacial score (nSPS) is 9.81. The third kappa shape index (κ3) is 3.21. The van der Waals surface area contributed by atoms with E-state index >= 15 is 0 Å². The molecule has 0 radical (unpaired) electrons. The molecule has 1 amide bonds. The highest BCUT2D eigenvalue weighted by Crippen LogP contribution is 2.18. The van der Waals surface area contributed by atoms with Gasteiger partial charge in [-0.05, 0) is 48.5 Å². The first-order chi connectivity index (χ1) is 10.0. The van der Waals surface area contributed by atoms with Crippen LogP contribution in [0.3, 0.4) is 0 Å². The van der Waals surface area contributed by atoms with Gasteiger partial charge in [0, 0.05) is 38.1 Å². The maximum atomic E-state index is 12.4. The first kappa shape index (κ1) is 14.6. The first-order valence-corrected chi connectivity index (χ1v) is 6.58. The summed E-state index contributed by atoms with van der Waals surface area (Å²) in [6.45, 7) is 0. The fourth-order valence-electron chi connectivity index (χ4n) is 1.97. The molecule has 0 aromatic heterocycles. The van der Waals surface area contributed by atoms with Crippen molar-refractivity contribution in [2.45, 2.75) is 0 Å². The minimum Gasteiger partial charge on any atom is -0.378 e. The first-order valence-electron chi connectivity index (χ1n) is 6.58. The summed E-state index contributed by atoms with van der Waals surface area (Å²) in [6, 6.07) is 16.5. The summed E-state index contributed by atoms with van der Waals surface area (Å²) in [5, 5.41) is 8.79. The summed E-state index contributed by atoms with van der Waals surface area (Å²) in [5.74, 6) is -0.0787. The highest BCUT2D eigenvalue weighted by molar-refractivity contribution is 6.05. The molecule has 0 atom stereocenters. The molecule has 21 heavy (non-hydrogen) atoms. The van der Waals surface area contributed by atoms with Crippen LogP contribution >= 0.6 is 0 Å². The summed E-state index contributed by atoms with van der Waals surface area (Å²) in [6.07, 6.45) is 0. The molecule has 4 nitrogen and oxygen atoms in total. The number of nitriles is 1. The predicted molar refractivity (Wildman–Crippen MR) is 84.7 cm³/mol. The quantitative estimate of drug-likeness (QED) is 0.868. The lowest BCUT2D eigenvalue weighted by molar-refractivity contribution is 0.0993. The number of nitrogens with zero attached hydrogens (tertiary/aromatic N) is 3. The van der Waals surface area contributed by atoms with Crippen LogP contribution in [0, 0.1) is 11.3 Å². The number of carbonyl (C=O) groups excluding carboxylic acids is 1. The van der Waals surface area contributed by atoms with Gasteiger partial charge in [0.1, 0.15) is 0 Å². The number of carbonyl (C=O) groups is 1. The molecule has 0 N–H and O–H groups in total. The molecule has 2 rings (SSSR count). The molecule has 0 fully saturated rings. The molecule has 2 aromatic rings. The zero-order valence-corrected chi connectivity index (χ0v) is 12.4. The van der Waals surface area contributed by atoms with Gasteiger partial charge in [-0.1, -0.05) is 0 Å². The van der Waals surface area contributed by atoms with Crippen molar-refractivity contribution < 1.29 is 4.79 Å². The third-order valence-electron chi connectivity index (χ3n) is 3.32. The van der Waals surface area contributed by atoms with E-state index in [1.807, 2.05) is 43.3 Å². The zero-order chi connectivity index (χ0) is 15.4. The molecule has 0 aliphatic carbocycles. The van der Waals surface area contributed by atoms with E-state index in [1.54, 1.807) is 36.2 Å². The van der Waals surface area contributed by atoms with Crippen molar-refractivity contribution in [1.29, 1.82) is 5.26 Å². The molecular formula is C17H17N3O. The van der Waals surface area contributed by atoms with Crippen molar-refractivity contribution in [3.63, 3.8) is 0 Å². The Morgan fingerprint density at radius 2 is 1.43 bits per heavy atom. The van der Waals surface area contributed by atoms with E-state index < -0.39 is 0 Å². The Morgan fingerprint density at radius 1 is 0.905 bits per heavy atom. The van der Waals surface area contributed by atoms with E-state index in [2.05, 4.69) is 6.07 Å². The van der Waals surface area contributed by atoms with Crippen LogP contribution < -0.4 is 9.80 Å². The average molecular weight is 279 g/mol. The maximum absolute atomic E-state index is 12.4. The molecule has 0 bridgehead atoms. The lowest BCUT2D eigenvalue weighted by Crippen LogP contribution is -2.26. The minimum atomic E-state index is -0.0787. The van der Waals surface area contributed by atoms with Gasteiger partial charge in [-0.3, -0.25) is 4.79 Å². The second-order valence-corrected chi connectivity index (χ2v) is 4.96.